The van der Waals surface area contributed by atoms with E-state index < -0.39 is 0 Å². The second-order valence-corrected chi connectivity index (χ2v) is 2.73. The standard InChI is InChI=1S/C9H7BN2O/c10-7-3-1-6(2-4-7)8-5-12-13-9(8)11/h1-5H,11H2. The van der Waals surface area contributed by atoms with Crippen molar-refractivity contribution >= 4 is 19.2 Å². The maximum absolute atomic E-state index is 5.55. The lowest BCUT2D eigenvalue weighted by atomic mass is 9.94. The van der Waals surface area contributed by atoms with Gasteiger partial charge in [-0.2, -0.15) is 0 Å². The zero-order valence-corrected chi connectivity index (χ0v) is 6.90. The van der Waals surface area contributed by atoms with Crippen LogP contribution in [0.4, 0.5) is 5.88 Å². The number of benzene rings is 1. The molecule has 0 unspecified atom stereocenters. The Balaban J connectivity index is 2.47. The second-order valence-electron chi connectivity index (χ2n) is 2.73. The minimum Gasteiger partial charge on any atom is -0.367 e. The normalized spacial score (nSPS) is 10.2. The molecule has 0 bridgehead atoms. The Morgan fingerprint density at radius 2 is 1.92 bits per heavy atom. The third-order valence-electron chi connectivity index (χ3n) is 1.82. The van der Waals surface area contributed by atoms with E-state index >= 15 is 0 Å². The van der Waals surface area contributed by atoms with E-state index in [0.29, 0.717) is 5.88 Å². The Bertz CT molecular complexity index is 408. The molecule has 4 heteroatoms. The van der Waals surface area contributed by atoms with Gasteiger partial charge < -0.3 is 10.3 Å². The molecule has 13 heavy (non-hydrogen) atoms. The van der Waals surface area contributed by atoms with Gasteiger partial charge in [-0.25, -0.2) is 0 Å². The molecule has 0 aliphatic rings. The van der Waals surface area contributed by atoms with E-state index in [1.54, 1.807) is 6.20 Å². The molecule has 1 aromatic carbocycles. The first-order chi connectivity index (χ1) is 6.27. The number of hydrogen-bond donors (Lipinski definition) is 1. The van der Waals surface area contributed by atoms with Gasteiger partial charge in [0.2, 0.25) is 5.88 Å². The minimum atomic E-state index is 0.324. The Morgan fingerprint density at radius 1 is 1.23 bits per heavy atom. The fourth-order valence-electron chi connectivity index (χ4n) is 1.13. The molecule has 0 aliphatic carbocycles. The molecule has 3 nitrogen and oxygen atoms in total. The maximum Gasteiger partial charge on any atom is 0.229 e. The maximum atomic E-state index is 5.55. The zero-order chi connectivity index (χ0) is 9.26. The first-order valence-corrected chi connectivity index (χ1v) is 3.83. The van der Waals surface area contributed by atoms with Crippen LogP contribution in [0.15, 0.2) is 35.0 Å². The Hall–Kier alpha value is -1.71. The molecule has 0 saturated heterocycles. The van der Waals surface area contributed by atoms with Gasteiger partial charge in [0.1, 0.15) is 7.85 Å². The number of nitrogens with zero attached hydrogens (tertiary/aromatic N) is 1. The van der Waals surface area contributed by atoms with E-state index in [2.05, 4.69) is 5.16 Å². The summed E-state index contributed by atoms with van der Waals surface area (Å²) in [5, 5.41) is 3.59. The summed E-state index contributed by atoms with van der Waals surface area (Å²) in [5.74, 6) is 0.324. The number of nitrogens with two attached hydrogens (primary N) is 1. The summed E-state index contributed by atoms with van der Waals surface area (Å²) in [7, 11) is 5.55. The molecular formula is C9H7BN2O. The largest absolute Gasteiger partial charge is 0.367 e. The molecule has 2 N–H and O–H groups in total. The van der Waals surface area contributed by atoms with Gasteiger partial charge in [-0.05, 0) is 5.56 Å². The Labute approximate surface area is 76.9 Å². The van der Waals surface area contributed by atoms with Crippen molar-refractivity contribution in [3.8, 4) is 11.1 Å². The summed E-state index contributed by atoms with van der Waals surface area (Å²) in [5.41, 5.74) is 8.01. The van der Waals surface area contributed by atoms with Gasteiger partial charge in [-0.1, -0.05) is 34.9 Å². The quantitative estimate of drug-likeness (QED) is 0.641. The molecule has 1 heterocycles. The van der Waals surface area contributed by atoms with Crippen LogP contribution in [-0.2, 0) is 0 Å². The van der Waals surface area contributed by atoms with Gasteiger partial charge in [-0.15, -0.1) is 0 Å². The predicted molar refractivity (Wildman–Crippen MR) is 51.7 cm³/mol. The highest BCUT2D eigenvalue weighted by Gasteiger charge is 2.05. The van der Waals surface area contributed by atoms with Crippen molar-refractivity contribution < 1.29 is 4.52 Å². The fraction of sp³-hybridized carbons (Fsp3) is 0. The summed E-state index contributed by atoms with van der Waals surface area (Å²) in [6.07, 6.45) is 1.58. The van der Waals surface area contributed by atoms with Gasteiger partial charge in [0.05, 0.1) is 11.8 Å². The molecule has 0 saturated carbocycles. The summed E-state index contributed by atoms with van der Waals surface area (Å²) >= 11 is 0. The molecule has 1 aromatic heterocycles. The number of hydrogen-bond acceptors (Lipinski definition) is 3. The third-order valence-corrected chi connectivity index (χ3v) is 1.82. The molecule has 0 amide bonds. The van der Waals surface area contributed by atoms with Crippen LogP contribution in [0.2, 0.25) is 0 Å². The number of aromatic nitrogens is 1. The van der Waals surface area contributed by atoms with Crippen LogP contribution >= 0.6 is 0 Å². The van der Waals surface area contributed by atoms with Gasteiger partial charge in [0.15, 0.2) is 0 Å². The van der Waals surface area contributed by atoms with E-state index in [-0.39, 0.29) is 0 Å². The monoisotopic (exact) mass is 170 g/mol. The van der Waals surface area contributed by atoms with Crippen molar-refractivity contribution in [2.75, 3.05) is 5.73 Å². The highest BCUT2D eigenvalue weighted by Crippen LogP contribution is 2.23. The highest BCUT2D eigenvalue weighted by molar-refractivity contribution is 6.32. The molecule has 2 radical (unpaired) electrons. The molecule has 0 aliphatic heterocycles. The first kappa shape index (κ1) is 7.92. The van der Waals surface area contributed by atoms with Gasteiger partial charge in [-0.3, -0.25) is 0 Å². The van der Waals surface area contributed by atoms with Crippen LogP contribution in [0.5, 0.6) is 0 Å². The smallest absolute Gasteiger partial charge is 0.229 e. The van der Waals surface area contributed by atoms with E-state index in [1.807, 2.05) is 24.3 Å². The highest BCUT2D eigenvalue weighted by atomic mass is 16.5. The topological polar surface area (TPSA) is 52.0 Å². The van der Waals surface area contributed by atoms with Crippen molar-refractivity contribution in [1.82, 2.24) is 5.16 Å². The zero-order valence-electron chi connectivity index (χ0n) is 6.90. The lowest BCUT2D eigenvalue weighted by molar-refractivity contribution is 0.436. The molecule has 0 spiro atoms. The van der Waals surface area contributed by atoms with E-state index in [9.17, 15) is 0 Å². The molecule has 0 atom stereocenters. The van der Waals surface area contributed by atoms with Crippen LogP contribution in [0, 0.1) is 0 Å². The average Bonchev–Trinajstić information content (AvgIpc) is 2.53. The lowest BCUT2D eigenvalue weighted by Crippen LogP contribution is -1.99. The van der Waals surface area contributed by atoms with E-state index in [4.69, 9.17) is 18.1 Å². The van der Waals surface area contributed by atoms with Gasteiger partial charge in [0.25, 0.3) is 0 Å². The predicted octanol–water partition coefficient (Wildman–Crippen LogP) is 0.718. The van der Waals surface area contributed by atoms with Crippen molar-refractivity contribution in [2.24, 2.45) is 0 Å². The van der Waals surface area contributed by atoms with Crippen molar-refractivity contribution in [3.63, 3.8) is 0 Å². The number of nitrogen functional groups attached to an aromatic ring is 1. The van der Waals surface area contributed by atoms with Crippen molar-refractivity contribution in [2.45, 2.75) is 0 Å². The summed E-state index contributed by atoms with van der Waals surface area (Å²) < 4.78 is 4.75. The summed E-state index contributed by atoms with van der Waals surface area (Å²) in [6.45, 7) is 0. The first-order valence-electron chi connectivity index (χ1n) is 3.83. The Kier molecular flexibility index (Phi) is 1.81. The summed E-state index contributed by atoms with van der Waals surface area (Å²) in [4.78, 5) is 0. The second kappa shape index (κ2) is 2.97. The van der Waals surface area contributed by atoms with Crippen molar-refractivity contribution in [3.05, 3.63) is 30.5 Å². The average molecular weight is 170 g/mol. The van der Waals surface area contributed by atoms with Crippen LogP contribution in [-0.4, -0.2) is 13.0 Å². The molecule has 62 valence electrons. The SMILES string of the molecule is [B]c1ccc(-c2cnoc2N)cc1. The summed E-state index contributed by atoms with van der Waals surface area (Å²) in [6, 6.07) is 7.36. The number of rotatable bonds is 1. The van der Waals surface area contributed by atoms with Crippen LogP contribution in [0.25, 0.3) is 11.1 Å². The molecule has 2 rings (SSSR count). The van der Waals surface area contributed by atoms with E-state index in [1.165, 1.54) is 0 Å². The van der Waals surface area contributed by atoms with Crippen LogP contribution in [0.1, 0.15) is 0 Å². The molecule has 0 fully saturated rings. The minimum absolute atomic E-state index is 0.324. The number of anilines is 1. The molecule has 2 aromatic rings. The van der Waals surface area contributed by atoms with Crippen LogP contribution < -0.4 is 11.2 Å². The van der Waals surface area contributed by atoms with Crippen LogP contribution in [0.3, 0.4) is 0 Å². The lowest BCUT2D eigenvalue weighted by Gasteiger charge is -1.97. The third kappa shape index (κ3) is 1.43. The fourth-order valence-corrected chi connectivity index (χ4v) is 1.13. The van der Waals surface area contributed by atoms with Gasteiger partial charge >= 0.3 is 0 Å². The van der Waals surface area contributed by atoms with Crippen molar-refractivity contribution in [1.29, 1.82) is 0 Å². The van der Waals surface area contributed by atoms with Gasteiger partial charge in [0, 0.05) is 0 Å². The Morgan fingerprint density at radius 3 is 2.46 bits per heavy atom. The molecular weight excluding hydrogens is 163 g/mol. The van der Waals surface area contributed by atoms with E-state index in [0.717, 1.165) is 16.6 Å².